The third-order valence-corrected chi connectivity index (χ3v) is 3.44. The Morgan fingerprint density at radius 1 is 1.20 bits per heavy atom. The zero-order valence-corrected chi connectivity index (χ0v) is 15.5. The topological polar surface area (TPSA) is 65.2 Å². The molecule has 0 radical (unpaired) electrons. The number of esters is 1. The Kier molecular flexibility index (Phi) is 7.70. The van der Waals surface area contributed by atoms with Crippen molar-refractivity contribution in [3.8, 4) is 0 Å². The lowest BCUT2D eigenvalue weighted by atomic mass is 10.1. The van der Waals surface area contributed by atoms with Crippen molar-refractivity contribution in [1.82, 2.24) is 10.1 Å². The Morgan fingerprint density at radius 2 is 1.84 bits per heavy atom. The highest BCUT2D eigenvalue weighted by molar-refractivity contribution is 5.88. The fourth-order valence-electron chi connectivity index (χ4n) is 2.14. The molecule has 0 aromatic carbocycles. The van der Waals surface area contributed by atoms with Gasteiger partial charge in [0, 0.05) is 12.0 Å². The van der Waals surface area contributed by atoms with Crippen LogP contribution in [0.2, 0.25) is 0 Å². The molecule has 0 atom stereocenters. The van der Waals surface area contributed by atoms with E-state index in [4.69, 9.17) is 9.26 Å². The number of carbonyl (C=O) groups is 1. The molecule has 0 unspecified atom stereocenters. The predicted molar refractivity (Wildman–Crippen MR) is 90.3 cm³/mol. The molecule has 0 spiro atoms. The average Bonchev–Trinajstić information content (AvgIpc) is 2.94. The first-order chi connectivity index (χ1) is 11.5. The first kappa shape index (κ1) is 21.3. The van der Waals surface area contributed by atoms with E-state index >= 15 is 0 Å². The lowest BCUT2D eigenvalue weighted by Gasteiger charge is -2.19. The van der Waals surface area contributed by atoms with Gasteiger partial charge >= 0.3 is 11.9 Å². The molecule has 0 saturated heterocycles. The van der Waals surface area contributed by atoms with Crippen LogP contribution in [0.1, 0.15) is 77.9 Å². The van der Waals surface area contributed by atoms with Crippen LogP contribution in [0.5, 0.6) is 0 Å². The molecule has 0 aliphatic rings. The lowest BCUT2D eigenvalue weighted by molar-refractivity contribution is -0.150. The molecule has 0 amide bonds. The summed E-state index contributed by atoms with van der Waals surface area (Å²) in [5, 5.41) is 3.36. The van der Waals surface area contributed by atoms with Gasteiger partial charge < -0.3 is 9.26 Å². The van der Waals surface area contributed by atoms with E-state index in [2.05, 4.69) is 23.6 Å². The van der Waals surface area contributed by atoms with Gasteiger partial charge in [0.1, 0.15) is 5.60 Å². The van der Waals surface area contributed by atoms with Crippen molar-refractivity contribution in [3.05, 3.63) is 23.9 Å². The van der Waals surface area contributed by atoms with E-state index in [0.717, 1.165) is 25.7 Å². The molecule has 5 nitrogen and oxygen atoms in total. The van der Waals surface area contributed by atoms with Crippen molar-refractivity contribution in [3.63, 3.8) is 0 Å². The van der Waals surface area contributed by atoms with Crippen LogP contribution >= 0.6 is 0 Å². The summed E-state index contributed by atoms with van der Waals surface area (Å²) in [6.45, 7) is 10.8. The smallest absolute Gasteiger partial charge is 0.334 e. The summed E-state index contributed by atoms with van der Waals surface area (Å²) in [5.41, 5.74) is -0.585. The number of hydrogen-bond acceptors (Lipinski definition) is 5. The van der Waals surface area contributed by atoms with Crippen LogP contribution in [0, 0.1) is 0 Å². The molecule has 142 valence electrons. The number of hydrogen-bond donors (Lipinski definition) is 0. The molecule has 1 aromatic rings. The van der Waals surface area contributed by atoms with Crippen LogP contribution in [0.15, 0.2) is 16.7 Å². The quantitative estimate of drug-likeness (QED) is 0.336. The molecule has 0 fully saturated rings. The molecule has 0 aliphatic heterocycles. The van der Waals surface area contributed by atoms with Gasteiger partial charge in [0.25, 0.3) is 0 Å². The monoisotopic (exact) mass is 358 g/mol. The summed E-state index contributed by atoms with van der Waals surface area (Å²) in [4.78, 5) is 15.6. The van der Waals surface area contributed by atoms with Crippen molar-refractivity contribution in [2.45, 2.75) is 84.2 Å². The summed E-state index contributed by atoms with van der Waals surface area (Å²) in [7, 11) is 0. The zero-order valence-electron chi connectivity index (χ0n) is 15.5. The van der Waals surface area contributed by atoms with Gasteiger partial charge in [0.15, 0.2) is 0 Å². The van der Waals surface area contributed by atoms with Gasteiger partial charge in [0.2, 0.25) is 11.7 Å². The Hall–Kier alpha value is -1.79. The molecular weight excluding hydrogens is 330 g/mol. The number of alkyl halides is 2. The third kappa shape index (κ3) is 7.75. The van der Waals surface area contributed by atoms with Gasteiger partial charge in [0.05, 0.1) is 6.42 Å². The largest absolute Gasteiger partial charge is 0.457 e. The number of aromatic nitrogens is 2. The molecule has 1 rings (SSSR count). The standard InChI is InChI=1S/C18H28F2N2O3/c1-6-7-8-9-10-11-18(19,20)16-21-14(25-22-16)12-13(2)15(23)24-17(3,4)5/h2,6-12H2,1,3-5H3. The maximum Gasteiger partial charge on any atom is 0.334 e. The fourth-order valence-corrected chi connectivity index (χ4v) is 2.14. The van der Waals surface area contributed by atoms with E-state index < -0.39 is 23.3 Å². The van der Waals surface area contributed by atoms with E-state index in [-0.39, 0.29) is 24.3 Å². The van der Waals surface area contributed by atoms with Gasteiger partial charge in [-0.3, -0.25) is 0 Å². The fraction of sp³-hybridized carbons (Fsp3) is 0.722. The van der Waals surface area contributed by atoms with E-state index in [1.165, 1.54) is 0 Å². The maximum atomic E-state index is 14.1. The number of unbranched alkanes of at least 4 members (excludes halogenated alkanes) is 4. The summed E-state index contributed by atoms with van der Waals surface area (Å²) >= 11 is 0. The van der Waals surface area contributed by atoms with Gasteiger partial charge in [-0.15, -0.1) is 0 Å². The molecule has 0 bridgehead atoms. The third-order valence-electron chi connectivity index (χ3n) is 3.44. The van der Waals surface area contributed by atoms with Gasteiger partial charge in [-0.25, -0.2) is 4.79 Å². The second-order valence-corrected chi connectivity index (χ2v) is 7.16. The van der Waals surface area contributed by atoms with Gasteiger partial charge in [-0.1, -0.05) is 44.3 Å². The van der Waals surface area contributed by atoms with Crippen LogP contribution < -0.4 is 0 Å². The van der Waals surface area contributed by atoms with Gasteiger partial charge in [-0.2, -0.15) is 13.8 Å². The summed E-state index contributed by atoms with van der Waals surface area (Å²) in [5.74, 6) is -4.47. The van der Waals surface area contributed by atoms with Crippen molar-refractivity contribution in [2.24, 2.45) is 0 Å². The molecule has 1 heterocycles. The highest BCUT2D eigenvalue weighted by atomic mass is 19.3. The minimum atomic E-state index is -3.14. The molecule has 1 aromatic heterocycles. The molecule has 0 N–H and O–H groups in total. The Balaban J connectivity index is 2.57. The molecule has 0 saturated carbocycles. The summed E-state index contributed by atoms with van der Waals surface area (Å²) in [6.07, 6.45) is 3.78. The average molecular weight is 358 g/mol. The second kappa shape index (κ2) is 9.06. The van der Waals surface area contributed by atoms with Crippen molar-refractivity contribution in [2.75, 3.05) is 0 Å². The zero-order chi connectivity index (χ0) is 19.1. The SMILES string of the molecule is C=C(Cc1nc(C(F)(F)CCCCCCC)no1)C(=O)OC(C)(C)C. The number of nitrogens with zero attached hydrogens (tertiary/aromatic N) is 2. The molecule has 7 heteroatoms. The van der Waals surface area contributed by atoms with E-state index in [1.54, 1.807) is 20.8 Å². The minimum Gasteiger partial charge on any atom is -0.457 e. The van der Waals surface area contributed by atoms with E-state index in [9.17, 15) is 13.6 Å². The summed E-state index contributed by atoms with van der Waals surface area (Å²) in [6, 6.07) is 0. The maximum absolute atomic E-state index is 14.1. The van der Waals surface area contributed by atoms with Crippen molar-refractivity contribution >= 4 is 5.97 Å². The highest BCUT2D eigenvalue weighted by Crippen LogP contribution is 2.31. The highest BCUT2D eigenvalue weighted by Gasteiger charge is 2.36. The van der Waals surface area contributed by atoms with Crippen molar-refractivity contribution < 1.29 is 22.8 Å². The van der Waals surface area contributed by atoms with Crippen molar-refractivity contribution in [1.29, 1.82) is 0 Å². The lowest BCUT2D eigenvalue weighted by Crippen LogP contribution is -2.25. The van der Waals surface area contributed by atoms with Crippen LogP contribution in [0.4, 0.5) is 8.78 Å². The number of halogens is 2. The number of ether oxygens (including phenoxy) is 1. The minimum absolute atomic E-state index is 0.0727. The predicted octanol–water partition coefficient (Wildman–Crippen LogP) is 4.96. The number of carbonyl (C=O) groups excluding carboxylic acids is 1. The number of rotatable bonds is 10. The Bertz CT molecular complexity index is 577. The Morgan fingerprint density at radius 3 is 2.44 bits per heavy atom. The normalized spacial score (nSPS) is 12.2. The summed E-state index contributed by atoms with van der Waals surface area (Å²) < 4.78 is 38.2. The first-order valence-electron chi connectivity index (χ1n) is 8.67. The van der Waals surface area contributed by atoms with E-state index in [0.29, 0.717) is 6.42 Å². The second-order valence-electron chi connectivity index (χ2n) is 7.16. The molecule has 25 heavy (non-hydrogen) atoms. The van der Waals surface area contributed by atoms with Crippen LogP contribution in [-0.2, 0) is 21.9 Å². The van der Waals surface area contributed by atoms with E-state index in [1.807, 2.05) is 0 Å². The van der Waals surface area contributed by atoms with Crippen LogP contribution in [0.25, 0.3) is 0 Å². The van der Waals surface area contributed by atoms with Gasteiger partial charge in [-0.05, 0) is 27.2 Å². The first-order valence-corrected chi connectivity index (χ1v) is 8.67. The Labute approximate surface area is 147 Å². The van der Waals surface area contributed by atoms with Crippen LogP contribution in [-0.4, -0.2) is 21.7 Å². The molecule has 0 aliphatic carbocycles. The van der Waals surface area contributed by atoms with Crippen LogP contribution in [0.3, 0.4) is 0 Å². The molecular formula is C18H28F2N2O3.